The van der Waals surface area contributed by atoms with Gasteiger partial charge in [-0.1, -0.05) is 52.4 Å². The van der Waals surface area contributed by atoms with E-state index in [0.29, 0.717) is 6.04 Å². The molecular formula is C16H33NO. The Morgan fingerprint density at radius 3 is 2.39 bits per heavy atom. The van der Waals surface area contributed by atoms with Gasteiger partial charge in [0, 0.05) is 12.6 Å². The van der Waals surface area contributed by atoms with Gasteiger partial charge in [-0.15, -0.1) is 0 Å². The third-order valence-electron chi connectivity index (χ3n) is 3.94. The van der Waals surface area contributed by atoms with Gasteiger partial charge in [0.1, 0.15) is 0 Å². The van der Waals surface area contributed by atoms with Crippen LogP contribution in [0.3, 0.4) is 0 Å². The zero-order valence-corrected chi connectivity index (χ0v) is 12.5. The quantitative estimate of drug-likeness (QED) is 0.494. The fourth-order valence-corrected chi connectivity index (χ4v) is 2.93. The number of rotatable bonds is 9. The SMILES string of the molecule is CCCNC(COCCC)CC1CCCCCC1. The van der Waals surface area contributed by atoms with E-state index in [0.717, 1.165) is 32.1 Å². The monoisotopic (exact) mass is 255 g/mol. The maximum Gasteiger partial charge on any atom is 0.0619 e. The molecule has 0 aromatic carbocycles. The molecule has 1 atom stereocenters. The molecule has 0 spiro atoms. The Morgan fingerprint density at radius 1 is 1.06 bits per heavy atom. The molecule has 0 aliphatic heterocycles. The second kappa shape index (κ2) is 10.8. The van der Waals surface area contributed by atoms with Crippen LogP contribution in [0.2, 0.25) is 0 Å². The van der Waals surface area contributed by atoms with Crippen molar-refractivity contribution in [1.82, 2.24) is 5.32 Å². The van der Waals surface area contributed by atoms with E-state index >= 15 is 0 Å². The first-order chi connectivity index (χ1) is 8.86. The Balaban J connectivity index is 2.27. The van der Waals surface area contributed by atoms with Crippen molar-refractivity contribution in [3.05, 3.63) is 0 Å². The number of ether oxygens (including phenoxy) is 1. The minimum atomic E-state index is 0.583. The van der Waals surface area contributed by atoms with E-state index in [-0.39, 0.29) is 0 Å². The van der Waals surface area contributed by atoms with Crippen molar-refractivity contribution >= 4 is 0 Å². The number of hydrogen-bond donors (Lipinski definition) is 1. The van der Waals surface area contributed by atoms with E-state index in [1.807, 2.05) is 0 Å². The summed E-state index contributed by atoms with van der Waals surface area (Å²) in [6, 6.07) is 0.583. The Morgan fingerprint density at radius 2 is 1.78 bits per heavy atom. The van der Waals surface area contributed by atoms with Crippen LogP contribution < -0.4 is 5.32 Å². The van der Waals surface area contributed by atoms with Crippen LogP contribution in [0.4, 0.5) is 0 Å². The van der Waals surface area contributed by atoms with E-state index in [1.165, 1.54) is 51.4 Å². The maximum atomic E-state index is 5.75. The highest BCUT2D eigenvalue weighted by atomic mass is 16.5. The molecule has 108 valence electrons. The fraction of sp³-hybridized carbons (Fsp3) is 1.00. The average molecular weight is 255 g/mol. The Labute approximate surface area is 114 Å². The lowest BCUT2D eigenvalue weighted by Gasteiger charge is -2.23. The molecule has 0 saturated heterocycles. The van der Waals surface area contributed by atoms with E-state index in [2.05, 4.69) is 19.2 Å². The Kier molecular flexibility index (Phi) is 9.59. The van der Waals surface area contributed by atoms with Gasteiger partial charge in [-0.3, -0.25) is 0 Å². The summed E-state index contributed by atoms with van der Waals surface area (Å²) in [5.74, 6) is 0.937. The molecule has 1 aliphatic rings. The number of hydrogen-bond acceptors (Lipinski definition) is 2. The molecule has 1 rings (SSSR count). The van der Waals surface area contributed by atoms with Gasteiger partial charge in [0.2, 0.25) is 0 Å². The first kappa shape index (κ1) is 16.0. The highest BCUT2D eigenvalue weighted by Gasteiger charge is 2.17. The predicted octanol–water partition coefficient (Wildman–Crippen LogP) is 4.14. The molecule has 18 heavy (non-hydrogen) atoms. The van der Waals surface area contributed by atoms with Gasteiger partial charge in [0.15, 0.2) is 0 Å². The molecule has 0 bridgehead atoms. The Bertz CT molecular complexity index is 176. The summed E-state index contributed by atoms with van der Waals surface area (Å²) in [5.41, 5.74) is 0. The molecule has 2 heteroatoms. The Hall–Kier alpha value is -0.0800. The van der Waals surface area contributed by atoms with Gasteiger partial charge in [-0.05, 0) is 31.7 Å². The summed E-state index contributed by atoms with van der Waals surface area (Å²) in [4.78, 5) is 0. The average Bonchev–Trinajstić information content (AvgIpc) is 2.64. The van der Waals surface area contributed by atoms with Gasteiger partial charge in [-0.25, -0.2) is 0 Å². The zero-order chi connectivity index (χ0) is 13.1. The minimum absolute atomic E-state index is 0.583. The zero-order valence-electron chi connectivity index (χ0n) is 12.5. The molecular weight excluding hydrogens is 222 g/mol. The van der Waals surface area contributed by atoms with Crippen molar-refractivity contribution in [1.29, 1.82) is 0 Å². The topological polar surface area (TPSA) is 21.3 Å². The van der Waals surface area contributed by atoms with Crippen LogP contribution in [0.1, 0.15) is 71.6 Å². The largest absolute Gasteiger partial charge is 0.380 e. The van der Waals surface area contributed by atoms with Crippen LogP contribution in [-0.2, 0) is 4.74 Å². The van der Waals surface area contributed by atoms with Gasteiger partial charge < -0.3 is 10.1 Å². The molecule has 1 aliphatic carbocycles. The summed E-state index contributed by atoms with van der Waals surface area (Å²) < 4.78 is 5.75. The highest BCUT2D eigenvalue weighted by molar-refractivity contribution is 4.74. The predicted molar refractivity (Wildman–Crippen MR) is 79.0 cm³/mol. The summed E-state index contributed by atoms with van der Waals surface area (Å²) in [6.45, 7) is 7.37. The molecule has 1 unspecified atom stereocenters. The molecule has 1 N–H and O–H groups in total. The van der Waals surface area contributed by atoms with Crippen LogP contribution in [0, 0.1) is 5.92 Å². The van der Waals surface area contributed by atoms with E-state index in [1.54, 1.807) is 0 Å². The first-order valence-electron chi connectivity index (χ1n) is 8.18. The third-order valence-corrected chi connectivity index (χ3v) is 3.94. The molecule has 0 aromatic rings. The van der Waals surface area contributed by atoms with Crippen LogP contribution in [0.15, 0.2) is 0 Å². The second-order valence-electron chi connectivity index (χ2n) is 5.82. The molecule has 1 saturated carbocycles. The van der Waals surface area contributed by atoms with Crippen molar-refractivity contribution in [2.24, 2.45) is 5.92 Å². The van der Waals surface area contributed by atoms with Crippen LogP contribution in [-0.4, -0.2) is 25.8 Å². The third kappa shape index (κ3) is 7.38. The molecule has 2 nitrogen and oxygen atoms in total. The lowest BCUT2D eigenvalue weighted by molar-refractivity contribution is 0.103. The van der Waals surface area contributed by atoms with Gasteiger partial charge in [0.05, 0.1) is 6.61 Å². The van der Waals surface area contributed by atoms with Crippen LogP contribution >= 0.6 is 0 Å². The smallest absolute Gasteiger partial charge is 0.0619 e. The second-order valence-corrected chi connectivity index (χ2v) is 5.82. The van der Waals surface area contributed by atoms with Crippen molar-refractivity contribution in [2.45, 2.75) is 77.7 Å². The van der Waals surface area contributed by atoms with Crippen LogP contribution in [0.5, 0.6) is 0 Å². The summed E-state index contributed by atoms with van der Waals surface area (Å²) in [6.07, 6.45) is 12.4. The van der Waals surface area contributed by atoms with Crippen molar-refractivity contribution in [3.63, 3.8) is 0 Å². The minimum Gasteiger partial charge on any atom is -0.380 e. The molecule has 0 amide bonds. The molecule has 0 aromatic heterocycles. The first-order valence-corrected chi connectivity index (χ1v) is 8.18. The molecule has 0 radical (unpaired) electrons. The summed E-state index contributed by atoms with van der Waals surface area (Å²) in [5, 5.41) is 3.67. The van der Waals surface area contributed by atoms with E-state index < -0.39 is 0 Å². The highest BCUT2D eigenvalue weighted by Crippen LogP contribution is 2.26. The standard InChI is InChI=1S/C16H33NO/c1-3-11-17-16(14-18-12-4-2)13-15-9-7-5-6-8-10-15/h15-17H,3-14H2,1-2H3. The van der Waals surface area contributed by atoms with Gasteiger partial charge in [-0.2, -0.15) is 0 Å². The normalized spacial score (nSPS) is 19.7. The van der Waals surface area contributed by atoms with Gasteiger partial charge >= 0.3 is 0 Å². The van der Waals surface area contributed by atoms with Gasteiger partial charge in [0.25, 0.3) is 0 Å². The van der Waals surface area contributed by atoms with Crippen molar-refractivity contribution in [3.8, 4) is 0 Å². The van der Waals surface area contributed by atoms with Crippen LogP contribution in [0.25, 0.3) is 0 Å². The fourth-order valence-electron chi connectivity index (χ4n) is 2.93. The van der Waals surface area contributed by atoms with Crippen molar-refractivity contribution < 1.29 is 4.74 Å². The molecule has 0 heterocycles. The number of nitrogens with one attached hydrogen (secondary N) is 1. The maximum absolute atomic E-state index is 5.75. The summed E-state index contributed by atoms with van der Waals surface area (Å²) in [7, 11) is 0. The van der Waals surface area contributed by atoms with E-state index in [9.17, 15) is 0 Å². The van der Waals surface area contributed by atoms with E-state index in [4.69, 9.17) is 4.74 Å². The summed E-state index contributed by atoms with van der Waals surface area (Å²) >= 11 is 0. The lowest BCUT2D eigenvalue weighted by Crippen LogP contribution is -2.36. The molecule has 1 fully saturated rings. The van der Waals surface area contributed by atoms with Crippen molar-refractivity contribution in [2.75, 3.05) is 19.8 Å². The lowest BCUT2D eigenvalue weighted by atomic mass is 9.93.